The van der Waals surface area contributed by atoms with Crippen LogP contribution in [0.2, 0.25) is 0 Å². The number of imidazole rings is 1. The lowest BCUT2D eigenvalue weighted by molar-refractivity contribution is -0.141. The minimum absolute atomic E-state index is 0.253. The minimum atomic E-state index is -0.377. The van der Waals surface area contributed by atoms with Crippen molar-refractivity contribution in [2.75, 3.05) is 6.61 Å². The van der Waals surface area contributed by atoms with Crippen molar-refractivity contribution in [3.8, 4) is 0 Å². The van der Waals surface area contributed by atoms with Crippen molar-refractivity contribution in [1.82, 2.24) is 18.7 Å². The van der Waals surface area contributed by atoms with Crippen molar-refractivity contribution in [1.29, 1.82) is 0 Å². The molecule has 0 aromatic carbocycles. The van der Waals surface area contributed by atoms with Crippen LogP contribution in [0.15, 0.2) is 15.9 Å². The highest BCUT2D eigenvalue weighted by Crippen LogP contribution is 2.08. The number of fused-ring (bicyclic) bond motifs is 1. The highest BCUT2D eigenvalue weighted by Gasteiger charge is 2.13. The van der Waals surface area contributed by atoms with Gasteiger partial charge in [0, 0.05) is 27.6 Å². The Hall–Kier alpha value is -2.38. The number of carbonyl (C=O) groups is 1. The van der Waals surface area contributed by atoms with Crippen molar-refractivity contribution < 1.29 is 9.53 Å². The van der Waals surface area contributed by atoms with E-state index in [1.54, 1.807) is 17.9 Å². The van der Waals surface area contributed by atoms with E-state index in [-0.39, 0.29) is 17.2 Å². The summed E-state index contributed by atoms with van der Waals surface area (Å²) in [6.45, 7) is 2.52. The summed E-state index contributed by atoms with van der Waals surface area (Å²) < 4.78 is 9.15. The number of hydrogen-bond acceptors (Lipinski definition) is 5. The Morgan fingerprint density at radius 3 is 2.52 bits per heavy atom. The van der Waals surface area contributed by atoms with Crippen molar-refractivity contribution >= 4 is 17.1 Å². The van der Waals surface area contributed by atoms with Gasteiger partial charge >= 0.3 is 11.7 Å². The van der Waals surface area contributed by atoms with E-state index in [0.29, 0.717) is 24.3 Å². The summed E-state index contributed by atoms with van der Waals surface area (Å²) in [6, 6.07) is 0. The lowest BCUT2D eigenvalue weighted by Gasteiger charge is -2.07. The van der Waals surface area contributed by atoms with Crippen LogP contribution in [0, 0.1) is 0 Å². The van der Waals surface area contributed by atoms with Crippen LogP contribution in [0.4, 0.5) is 0 Å². The first-order valence-electron chi connectivity index (χ1n) is 7.67. The van der Waals surface area contributed by atoms with Gasteiger partial charge in [-0.3, -0.25) is 18.7 Å². The Labute approximate surface area is 133 Å². The minimum Gasteiger partial charge on any atom is -0.466 e. The largest absolute Gasteiger partial charge is 0.466 e. The summed E-state index contributed by atoms with van der Waals surface area (Å²) >= 11 is 0. The highest BCUT2D eigenvalue weighted by molar-refractivity contribution is 5.69. The molecule has 2 rings (SSSR count). The molecular weight excluding hydrogens is 300 g/mol. The van der Waals surface area contributed by atoms with Crippen LogP contribution in [0.3, 0.4) is 0 Å². The Bertz CT molecular complexity index is 815. The molecule has 0 saturated carbocycles. The molecule has 0 N–H and O–H groups in total. The summed E-state index contributed by atoms with van der Waals surface area (Å²) in [5.74, 6) is -0.253. The number of carbonyl (C=O) groups excluding carboxylic acids is 1. The van der Waals surface area contributed by atoms with Gasteiger partial charge in [0.2, 0.25) is 0 Å². The van der Waals surface area contributed by atoms with Crippen LogP contribution < -0.4 is 11.2 Å². The molecule has 0 spiro atoms. The molecule has 0 saturated heterocycles. The zero-order valence-corrected chi connectivity index (χ0v) is 13.7. The summed E-state index contributed by atoms with van der Waals surface area (Å²) in [5, 5.41) is 0. The molecule has 126 valence electrons. The van der Waals surface area contributed by atoms with Gasteiger partial charge in [0.1, 0.15) is 0 Å². The van der Waals surface area contributed by atoms with E-state index in [2.05, 4.69) is 4.98 Å². The van der Waals surface area contributed by atoms with E-state index in [1.165, 1.54) is 18.5 Å². The second-order valence-corrected chi connectivity index (χ2v) is 5.57. The fraction of sp³-hybridized carbons (Fsp3) is 0.600. The molecule has 8 heteroatoms. The molecule has 0 aliphatic rings. The number of esters is 1. The quantitative estimate of drug-likeness (QED) is 0.549. The Balaban J connectivity index is 1.98. The number of nitrogens with zero attached hydrogens (tertiary/aromatic N) is 4. The average molecular weight is 322 g/mol. The summed E-state index contributed by atoms with van der Waals surface area (Å²) in [5.41, 5.74) is 0.163. The number of aryl methyl sites for hydroxylation is 2. The van der Waals surface area contributed by atoms with Gasteiger partial charge in [0.25, 0.3) is 5.56 Å². The molecule has 8 nitrogen and oxygen atoms in total. The SMILES string of the molecule is CC(=O)OCCCCCCn1cnc2c1c(=O)n(C)c(=O)n2C. The first-order chi connectivity index (χ1) is 10.9. The Morgan fingerprint density at radius 1 is 1.13 bits per heavy atom. The first-order valence-corrected chi connectivity index (χ1v) is 7.67. The van der Waals surface area contributed by atoms with Crippen molar-refractivity contribution in [3.63, 3.8) is 0 Å². The van der Waals surface area contributed by atoms with E-state index in [1.807, 2.05) is 0 Å². The van der Waals surface area contributed by atoms with Crippen molar-refractivity contribution in [3.05, 3.63) is 27.2 Å². The molecule has 0 unspecified atom stereocenters. The summed E-state index contributed by atoms with van der Waals surface area (Å²) in [7, 11) is 3.08. The zero-order valence-electron chi connectivity index (χ0n) is 13.7. The van der Waals surface area contributed by atoms with E-state index < -0.39 is 0 Å². The smallest absolute Gasteiger partial charge is 0.332 e. The Kier molecular flexibility index (Phi) is 5.36. The number of rotatable bonds is 7. The molecule has 0 radical (unpaired) electrons. The molecule has 23 heavy (non-hydrogen) atoms. The maximum atomic E-state index is 12.3. The predicted molar refractivity (Wildman–Crippen MR) is 85.3 cm³/mol. The van der Waals surface area contributed by atoms with Gasteiger partial charge in [-0.1, -0.05) is 6.42 Å². The zero-order chi connectivity index (χ0) is 17.0. The van der Waals surface area contributed by atoms with Crippen molar-refractivity contribution in [2.45, 2.75) is 39.2 Å². The third-order valence-electron chi connectivity index (χ3n) is 3.82. The second-order valence-electron chi connectivity index (χ2n) is 5.57. The molecule has 0 amide bonds. The molecule has 0 aliphatic carbocycles. The van der Waals surface area contributed by atoms with Crippen molar-refractivity contribution in [2.24, 2.45) is 14.1 Å². The Morgan fingerprint density at radius 2 is 1.83 bits per heavy atom. The van der Waals surface area contributed by atoms with Crippen LogP contribution in [-0.4, -0.2) is 31.3 Å². The van der Waals surface area contributed by atoms with Crippen LogP contribution >= 0.6 is 0 Å². The molecule has 0 aliphatic heterocycles. The molecule has 0 fully saturated rings. The van der Waals surface area contributed by atoms with Crippen LogP contribution in [0.25, 0.3) is 11.2 Å². The van der Waals surface area contributed by atoms with Gasteiger partial charge in [-0.2, -0.15) is 0 Å². The normalized spacial score (nSPS) is 11.1. The van der Waals surface area contributed by atoms with Crippen LogP contribution in [-0.2, 0) is 30.2 Å². The average Bonchev–Trinajstić information content (AvgIpc) is 2.93. The second kappa shape index (κ2) is 7.26. The summed E-state index contributed by atoms with van der Waals surface area (Å²) in [4.78, 5) is 38.9. The van der Waals surface area contributed by atoms with Gasteiger partial charge in [0.15, 0.2) is 11.2 Å². The molecule has 2 aromatic rings. The molecule has 0 atom stereocenters. The van der Waals surface area contributed by atoms with Crippen LogP contribution in [0.5, 0.6) is 0 Å². The standard InChI is InChI=1S/C15H22N4O4/c1-11(20)23-9-7-5-4-6-8-19-10-16-13-12(19)14(21)18(3)15(22)17(13)2/h10H,4-9H2,1-3H3. The molecular formula is C15H22N4O4. The highest BCUT2D eigenvalue weighted by atomic mass is 16.5. The van der Waals surface area contributed by atoms with Crippen LogP contribution in [0.1, 0.15) is 32.6 Å². The fourth-order valence-electron chi connectivity index (χ4n) is 2.52. The maximum absolute atomic E-state index is 12.3. The van der Waals surface area contributed by atoms with E-state index in [9.17, 15) is 14.4 Å². The van der Waals surface area contributed by atoms with Gasteiger partial charge < -0.3 is 9.30 Å². The molecule has 2 aromatic heterocycles. The van der Waals surface area contributed by atoms with Gasteiger partial charge in [0.05, 0.1) is 12.9 Å². The maximum Gasteiger partial charge on any atom is 0.332 e. The first kappa shape index (κ1) is 17.0. The number of hydrogen-bond donors (Lipinski definition) is 0. The lowest BCUT2D eigenvalue weighted by Crippen LogP contribution is -2.37. The molecule has 2 heterocycles. The van der Waals surface area contributed by atoms with Gasteiger partial charge in [-0.15, -0.1) is 0 Å². The van der Waals surface area contributed by atoms with Gasteiger partial charge in [-0.25, -0.2) is 9.78 Å². The third kappa shape index (κ3) is 3.69. The fourth-order valence-corrected chi connectivity index (χ4v) is 2.52. The number of unbranched alkanes of at least 4 members (excludes halogenated alkanes) is 3. The van der Waals surface area contributed by atoms with E-state index in [0.717, 1.165) is 30.3 Å². The number of ether oxygens (including phenoxy) is 1. The third-order valence-corrected chi connectivity index (χ3v) is 3.82. The summed E-state index contributed by atoms with van der Waals surface area (Å²) in [6.07, 6.45) is 5.24. The van der Waals surface area contributed by atoms with Gasteiger partial charge in [-0.05, 0) is 19.3 Å². The predicted octanol–water partition coefficient (Wildman–Crippen LogP) is 0.557. The van der Waals surface area contributed by atoms with E-state index >= 15 is 0 Å². The lowest BCUT2D eigenvalue weighted by atomic mass is 10.2. The monoisotopic (exact) mass is 322 g/mol. The number of aromatic nitrogens is 4. The topological polar surface area (TPSA) is 88.1 Å². The molecule has 0 bridgehead atoms. The van der Waals surface area contributed by atoms with E-state index in [4.69, 9.17) is 4.74 Å².